The molecule has 2 aromatic carbocycles. The smallest absolute Gasteiger partial charge is 0.319 e. The van der Waals surface area contributed by atoms with Crippen LogP contribution in [0, 0.1) is 12.8 Å². The van der Waals surface area contributed by atoms with Gasteiger partial charge in [-0.1, -0.05) is 68.0 Å². The third-order valence-electron chi connectivity index (χ3n) is 5.12. The maximum Gasteiger partial charge on any atom is 0.319 e. The molecule has 0 bridgehead atoms. The highest BCUT2D eigenvalue weighted by Gasteiger charge is 2.24. The zero-order valence-corrected chi connectivity index (χ0v) is 19.9. The zero-order chi connectivity index (χ0) is 24.2. The highest BCUT2D eigenvalue weighted by Crippen LogP contribution is 2.11. The second kappa shape index (κ2) is 13.2. The van der Waals surface area contributed by atoms with Gasteiger partial charge in [0.1, 0.15) is 6.04 Å². The summed E-state index contributed by atoms with van der Waals surface area (Å²) in [6.45, 7) is 7.46. The number of allylic oxidation sites excluding steroid dienone is 1. The van der Waals surface area contributed by atoms with Crippen molar-refractivity contribution in [3.63, 3.8) is 0 Å². The predicted molar refractivity (Wildman–Crippen MR) is 133 cm³/mol. The van der Waals surface area contributed by atoms with E-state index in [-0.39, 0.29) is 23.7 Å². The Balaban J connectivity index is 2.05. The molecule has 3 N–H and O–H groups in total. The van der Waals surface area contributed by atoms with Crippen molar-refractivity contribution in [3.8, 4) is 0 Å². The van der Waals surface area contributed by atoms with Gasteiger partial charge in [0.05, 0.1) is 0 Å². The van der Waals surface area contributed by atoms with Gasteiger partial charge in [-0.3, -0.25) is 9.59 Å². The second-order valence-corrected chi connectivity index (χ2v) is 8.76. The van der Waals surface area contributed by atoms with Crippen LogP contribution < -0.4 is 16.0 Å². The number of anilines is 1. The first-order chi connectivity index (χ1) is 15.7. The van der Waals surface area contributed by atoms with E-state index in [2.05, 4.69) is 16.0 Å². The monoisotopic (exact) mass is 449 g/mol. The Labute approximate surface area is 196 Å². The summed E-state index contributed by atoms with van der Waals surface area (Å²) in [7, 11) is 0. The molecule has 0 saturated heterocycles. The van der Waals surface area contributed by atoms with E-state index in [1.807, 2.05) is 75.4 Å². The van der Waals surface area contributed by atoms with Gasteiger partial charge in [-0.15, -0.1) is 0 Å². The van der Waals surface area contributed by atoms with Crippen LogP contribution in [-0.4, -0.2) is 29.8 Å². The molecule has 0 aliphatic rings. The van der Waals surface area contributed by atoms with Crippen molar-refractivity contribution < 1.29 is 14.4 Å². The fourth-order valence-electron chi connectivity index (χ4n) is 3.38. The molecule has 176 valence electrons. The average molecular weight is 450 g/mol. The first kappa shape index (κ1) is 25.8. The van der Waals surface area contributed by atoms with Gasteiger partial charge in [0, 0.05) is 11.7 Å². The predicted octanol–water partition coefficient (Wildman–Crippen LogP) is 4.79. The molecule has 0 aliphatic carbocycles. The summed E-state index contributed by atoms with van der Waals surface area (Å²) in [5.41, 5.74) is 2.91. The van der Waals surface area contributed by atoms with Gasteiger partial charge < -0.3 is 16.0 Å². The molecule has 0 radical (unpaired) electrons. The van der Waals surface area contributed by atoms with Crippen LogP contribution in [-0.2, 0) is 16.0 Å². The van der Waals surface area contributed by atoms with Gasteiger partial charge in [0.15, 0.2) is 5.78 Å². The lowest BCUT2D eigenvalue weighted by Gasteiger charge is -2.23. The fraction of sp³-hybridized carbons (Fsp3) is 0.370. The highest BCUT2D eigenvalue weighted by molar-refractivity contribution is 5.94. The molecule has 0 aromatic heterocycles. The Kier molecular flexibility index (Phi) is 10.3. The van der Waals surface area contributed by atoms with E-state index in [4.69, 9.17) is 0 Å². The van der Waals surface area contributed by atoms with Crippen molar-refractivity contribution in [2.45, 2.75) is 59.0 Å². The van der Waals surface area contributed by atoms with Crippen LogP contribution in [0.4, 0.5) is 10.5 Å². The number of hydrogen-bond donors (Lipinski definition) is 3. The van der Waals surface area contributed by atoms with Crippen LogP contribution in [0.25, 0.3) is 0 Å². The van der Waals surface area contributed by atoms with Crippen LogP contribution in [0.3, 0.4) is 0 Å². The molecule has 6 nitrogen and oxygen atoms in total. The van der Waals surface area contributed by atoms with Crippen LogP contribution in [0.5, 0.6) is 0 Å². The van der Waals surface area contributed by atoms with Crippen LogP contribution in [0.2, 0.25) is 0 Å². The van der Waals surface area contributed by atoms with E-state index in [0.717, 1.165) is 17.5 Å². The molecular weight excluding hydrogens is 414 g/mol. The minimum absolute atomic E-state index is 0.0803. The number of urea groups is 1. The van der Waals surface area contributed by atoms with Gasteiger partial charge in [0.25, 0.3) is 0 Å². The summed E-state index contributed by atoms with van der Waals surface area (Å²) in [5.74, 6) is -0.145. The summed E-state index contributed by atoms with van der Waals surface area (Å²) in [4.78, 5) is 37.1. The lowest BCUT2D eigenvalue weighted by atomic mass is 10.0. The quantitative estimate of drug-likeness (QED) is 0.431. The van der Waals surface area contributed by atoms with Crippen molar-refractivity contribution in [2.24, 2.45) is 5.92 Å². The third-order valence-corrected chi connectivity index (χ3v) is 5.12. The Bertz CT molecular complexity index is 937. The minimum Gasteiger partial charge on any atom is -0.348 e. The van der Waals surface area contributed by atoms with Gasteiger partial charge >= 0.3 is 6.03 Å². The van der Waals surface area contributed by atoms with Crippen molar-refractivity contribution in [2.75, 3.05) is 5.32 Å². The van der Waals surface area contributed by atoms with E-state index in [0.29, 0.717) is 18.5 Å². The van der Waals surface area contributed by atoms with Gasteiger partial charge in [0.2, 0.25) is 5.91 Å². The zero-order valence-electron chi connectivity index (χ0n) is 19.9. The number of carbonyl (C=O) groups excluding carboxylic acids is 3. The molecule has 6 heteroatoms. The van der Waals surface area contributed by atoms with Crippen molar-refractivity contribution in [1.82, 2.24) is 10.6 Å². The molecule has 2 atom stereocenters. The topological polar surface area (TPSA) is 87.3 Å². The number of hydrogen-bond acceptors (Lipinski definition) is 3. The number of benzene rings is 2. The molecular formula is C27H35N3O3. The van der Waals surface area contributed by atoms with Crippen LogP contribution in [0.1, 0.15) is 44.7 Å². The lowest BCUT2D eigenvalue weighted by Crippen LogP contribution is -2.51. The molecule has 3 amide bonds. The third kappa shape index (κ3) is 10.2. The van der Waals surface area contributed by atoms with E-state index in [1.165, 1.54) is 13.0 Å². The number of nitrogens with one attached hydrogen (secondary N) is 3. The van der Waals surface area contributed by atoms with Gasteiger partial charge in [-0.2, -0.15) is 0 Å². The van der Waals surface area contributed by atoms with Crippen molar-refractivity contribution >= 4 is 23.4 Å². The Morgan fingerprint density at radius 2 is 1.61 bits per heavy atom. The molecule has 2 aromatic rings. The largest absolute Gasteiger partial charge is 0.348 e. The molecule has 2 rings (SSSR count). The van der Waals surface area contributed by atoms with Crippen LogP contribution >= 0.6 is 0 Å². The first-order valence-electron chi connectivity index (χ1n) is 11.4. The fourth-order valence-corrected chi connectivity index (χ4v) is 3.38. The van der Waals surface area contributed by atoms with Crippen molar-refractivity contribution in [1.29, 1.82) is 0 Å². The average Bonchev–Trinajstić information content (AvgIpc) is 2.77. The molecule has 0 unspecified atom stereocenters. The van der Waals surface area contributed by atoms with Crippen molar-refractivity contribution in [3.05, 3.63) is 77.9 Å². The van der Waals surface area contributed by atoms with Crippen LogP contribution in [0.15, 0.2) is 66.7 Å². The summed E-state index contributed by atoms with van der Waals surface area (Å²) in [6, 6.07) is 16.0. The molecule has 0 fully saturated rings. The Morgan fingerprint density at radius 3 is 2.21 bits per heavy atom. The first-order valence-corrected chi connectivity index (χ1v) is 11.4. The molecule has 33 heavy (non-hydrogen) atoms. The maximum absolute atomic E-state index is 13.1. The van der Waals surface area contributed by atoms with E-state index in [1.54, 1.807) is 6.08 Å². The molecule has 0 heterocycles. The summed E-state index contributed by atoms with van der Waals surface area (Å²) in [5, 5.41) is 8.59. The molecule has 0 spiro atoms. The standard InChI is InChI=1S/C27H35N3O3/c1-19(2)18-25(30-27(33)29-24-14-10-20(3)11-15-24)26(32)28-23(16-12-21(4)31)17-13-22-8-6-5-7-9-22/h5-12,14-16,19,23,25H,13,17-18H2,1-4H3,(H,28,32)(H2,29,30,33)/b16-12+/t23-,25+/m1/s1. The minimum atomic E-state index is -0.694. The normalized spacial score (nSPS) is 12.9. The van der Waals surface area contributed by atoms with Gasteiger partial charge in [-0.05, 0) is 62.8 Å². The number of amides is 3. The highest BCUT2D eigenvalue weighted by atomic mass is 16.2. The maximum atomic E-state index is 13.1. The number of rotatable bonds is 11. The van der Waals surface area contributed by atoms with E-state index >= 15 is 0 Å². The summed E-state index contributed by atoms with van der Waals surface area (Å²) < 4.78 is 0. The van der Waals surface area contributed by atoms with E-state index in [9.17, 15) is 14.4 Å². The van der Waals surface area contributed by atoms with Gasteiger partial charge in [-0.25, -0.2) is 4.79 Å². The SMILES string of the molecule is CC(=O)/C=C/[C@H](CCc1ccccc1)NC(=O)[C@H](CC(C)C)NC(=O)Nc1ccc(C)cc1. The number of aryl methyl sites for hydroxylation is 2. The number of carbonyl (C=O) groups is 3. The molecule has 0 saturated carbocycles. The Hall–Kier alpha value is -3.41. The summed E-state index contributed by atoms with van der Waals surface area (Å²) in [6.07, 6.45) is 5.09. The molecule has 0 aliphatic heterocycles. The Morgan fingerprint density at radius 1 is 0.939 bits per heavy atom. The number of ketones is 1. The van der Waals surface area contributed by atoms with E-state index < -0.39 is 12.1 Å². The second-order valence-electron chi connectivity index (χ2n) is 8.76. The summed E-state index contributed by atoms with van der Waals surface area (Å²) >= 11 is 0. The lowest BCUT2D eigenvalue weighted by molar-refractivity contribution is -0.123.